The van der Waals surface area contributed by atoms with Crippen LogP contribution in [-0.2, 0) is 13.2 Å². The van der Waals surface area contributed by atoms with Crippen LogP contribution in [-0.4, -0.2) is 47.1 Å². The minimum atomic E-state index is -0.707. The highest BCUT2D eigenvalue weighted by Gasteiger charge is 2.25. The van der Waals surface area contributed by atoms with Crippen LogP contribution in [0.15, 0.2) is 36.5 Å². The molecule has 0 amide bonds. The molecule has 4 rings (SSSR count). The molecular weight excluding hydrogens is 434 g/mol. The van der Waals surface area contributed by atoms with Crippen LogP contribution in [0.1, 0.15) is 46.8 Å². The van der Waals surface area contributed by atoms with Gasteiger partial charge in [0.25, 0.3) is 0 Å². The number of imidazole rings is 1. The predicted octanol–water partition coefficient (Wildman–Crippen LogP) is 2.86. The number of aryl methyl sites for hydroxylation is 2. The highest BCUT2D eigenvalue weighted by Crippen LogP contribution is 2.26. The van der Waals surface area contributed by atoms with Crippen molar-refractivity contribution in [1.82, 2.24) is 29.6 Å². The Bertz CT molecular complexity index is 1280. The van der Waals surface area contributed by atoms with Gasteiger partial charge in [0.2, 0.25) is 0 Å². The van der Waals surface area contributed by atoms with Crippen molar-refractivity contribution in [3.63, 3.8) is 0 Å². The van der Waals surface area contributed by atoms with Gasteiger partial charge in [-0.15, -0.1) is 10.2 Å². The van der Waals surface area contributed by atoms with Crippen LogP contribution in [0.25, 0.3) is 5.65 Å². The number of rotatable bonds is 9. The van der Waals surface area contributed by atoms with E-state index in [1.165, 1.54) is 10.9 Å². The number of hydrogen-bond donors (Lipinski definition) is 1. The van der Waals surface area contributed by atoms with Crippen LogP contribution in [0.4, 0.5) is 8.78 Å². The smallest absolute Gasteiger partial charge is 0.182 e. The van der Waals surface area contributed by atoms with E-state index in [1.54, 1.807) is 29.7 Å². The van der Waals surface area contributed by atoms with Gasteiger partial charge in [0, 0.05) is 12.6 Å². The van der Waals surface area contributed by atoms with E-state index in [4.69, 9.17) is 4.74 Å². The van der Waals surface area contributed by atoms with E-state index in [1.807, 2.05) is 6.92 Å². The molecule has 1 aromatic carbocycles. The quantitative estimate of drug-likeness (QED) is 0.386. The molecule has 0 bridgehead atoms. The number of carbonyl (C=O) groups excluding carboxylic acids is 1. The zero-order valence-electron chi connectivity index (χ0n) is 18.1. The molecule has 33 heavy (non-hydrogen) atoms. The fourth-order valence-electron chi connectivity index (χ4n) is 3.54. The number of ether oxygens (including phenoxy) is 1. The number of benzene rings is 1. The number of aromatic nitrogens is 6. The van der Waals surface area contributed by atoms with Crippen LogP contribution >= 0.6 is 0 Å². The summed E-state index contributed by atoms with van der Waals surface area (Å²) < 4.78 is 35.1. The van der Waals surface area contributed by atoms with Gasteiger partial charge >= 0.3 is 0 Å². The van der Waals surface area contributed by atoms with Crippen LogP contribution in [0.3, 0.4) is 0 Å². The Hall–Kier alpha value is -3.73. The number of aliphatic hydroxyl groups is 1. The Morgan fingerprint density at radius 1 is 1.21 bits per heavy atom. The Morgan fingerprint density at radius 3 is 2.64 bits per heavy atom. The number of tetrazole rings is 1. The fraction of sp³-hybridized carbons (Fsp3) is 0.318. The molecule has 172 valence electrons. The number of ketones is 1. The SMILES string of the molecule is CCn1nnc([C@H](CO)CC(=O)c2c(C)nc3c(OCc4c(F)cccc4F)cccn23)n1. The standard InChI is InChI=1S/C22H22F2N6O3/c1-3-30-27-21(26-28-30)14(11-31)10-18(32)20-13(2)25-22-19(8-5-9-29(20)22)33-12-15-16(23)6-4-7-17(15)24/h4-9,14,31H,3,10-12H2,1-2H3/t14-/m0/s1. The lowest BCUT2D eigenvalue weighted by molar-refractivity contribution is 0.0951. The number of fused-ring (bicyclic) bond motifs is 1. The lowest BCUT2D eigenvalue weighted by Crippen LogP contribution is -2.15. The summed E-state index contributed by atoms with van der Waals surface area (Å²) in [6.45, 7) is 3.40. The number of carbonyl (C=O) groups is 1. The molecule has 0 aliphatic carbocycles. The zero-order chi connectivity index (χ0) is 23.5. The van der Waals surface area contributed by atoms with Crippen LogP contribution in [0.5, 0.6) is 5.75 Å². The van der Waals surface area contributed by atoms with Crippen LogP contribution in [0, 0.1) is 18.6 Å². The van der Waals surface area contributed by atoms with E-state index in [2.05, 4.69) is 20.4 Å². The molecule has 0 fully saturated rings. The van der Waals surface area contributed by atoms with Gasteiger partial charge in [0.1, 0.15) is 23.9 Å². The van der Waals surface area contributed by atoms with Crippen molar-refractivity contribution >= 4 is 11.4 Å². The van der Waals surface area contributed by atoms with Gasteiger partial charge in [0.05, 0.1) is 30.3 Å². The molecule has 0 aliphatic rings. The molecule has 0 spiro atoms. The van der Waals surface area contributed by atoms with E-state index in [0.717, 1.165) is 12.1 Å². The van der Waals surface area contributed by atoms with Gasteiger partial charge in [-0.2, -0.15) is 4.80 Å². The normalized spacial score (nSPS) is 12.3. The Labute approximate surface area is 187 Å². The van der Waals surface area contributed by atoms with Crippen molar-refractivity contribution < 1.29 is 23.4 Å². The second-order valence-electron chi connectivity index (χ2n) is 7.44. The Morgan fingerprint density at radius 2 is 1.97 bits per heavy atom. The van der Waals surface area contributed by atoms with E-state index < -0.39 is 17.6 Å². The van der Waals surface area contributed by atoms with E-state index >= 15 is 0 Å². The third-order valence-corrected chi connectivity index (χ3v) is 5.25. The minimum absolute atomic E-state index is 0.0495. The van der Waals surface area contributed by atoms with Gasteiger partial charge in [-0.1, -0.05) is 6.07 Å². The summed E-state index contributed by atoms with van der Waals surface area (Å²) in [6, 6.07) is 6.85. The highest BCUT2D eigenvalue weighted by atomic mass is 19.1. The number of pyridine rings is 1. The monoisotopic (exact) mass is 456 g/mol. The number of halogens is 2. The first kappa shape index (κ1) is 22.5. The van der Waals surface area contributed by atoms with Crippen LogP contribution in [0.2, 0.25) is 0 Å². The topological polar surface area (TPSA) is 107 Å². The highest BCUT2D eigenvalue weighted by molar-refractivity contribution is 5.97. The maximum absolute atomic E-state index is 13.9. The molecule has 1 atom stereocenters. The summed E-state index contributed by atoms with van der Waals surface area (Å²) in [7, 11) is 0. The fourth-order valence-corrected chi connectivity index (χ4v) is 3.54. The maximum Gasteiger partial charge on any atom is 0.182 e. The molecule has 0 radical (unpaired) electrons. The molecule has 4 aromatic rings. The molecular formula is C22H22F2N6O3. The summed E-state index contributed by atoms with van der Waals surface area (Å²) in [5.41, 5.74) is 0.909. The first-order chi connectivity index (χ1) is 15.9. The van der Waals surface area contributed by atoms with Gasteiger partial charge in [-0.05, 0) is 43.3 Å². The first-order valence-electron chi connectivity index (χ1n) is 10.4. The third kappa shape index (κ3) is 4.44. The summed E-state index contributed by atoms with van der Waals surface area (Å²) >= 11 is 0. The van der Waals surface area contributed by atoms with E-state index in [-0.39, 0.29) is 42.6 Å². The molecule has 0 aliphatic heterocycles. The molecule has 0 unspecified atom stereocenters. The number of aliphatic hydroxyl groups excluding tert-OH is 1. The minimum Gasteiger partial charge on any atom is -0.485 e. The van der Waals surface area contributed by atoms with Gasteiger partial charge in [-0.3, -0.25) is 9.20 Å². The van der Waals surface area contributed by atoms with Crippen molar-refractivity contribution in [2.75, 3.05) is 6.61 Å². The zero-order valence-corrected chi connectivity index (χ0v) is 18.1. The largest absolute Gasteiger partial charge is 0.485 e. The molecule has 0 saturated carbocycles. The first-order valence-corrected chi connectivity index (χ1v) is 10.4. The molecule has 3 heterocycles. The second-order valence-corrected chi connectivity index (χ2v) is 7.44. The van der Waals surface area contributed by atoms with Crippen molar-refractivity contribution in [1.29, 1.82) is 0 Å². The molecule has 0 saturated heterocycles. The van der Waals surface area contributed by atoms with E-state index in [9.17, 15) is 18.7 Å². The van der Waals surface area contributed by atoms with Crippen molar-refractivity contribution in [2.45, 2.75) is 39.3 Å². The lowest BCUT2D eigenvalue weighted by atomic mass is 10.0. The van der Waals surface area contributed by atoms with Crippen molar-refractivity contribution in [3.8, 4) is 5.75 Å². The maximum atomic E-state index is 13.9. The number of nitrogens with zero attached hydrogens (tertiary/aromatic N) is 6. The summed E-state index contributed by atoms with van der Waals surface area (Å²) in [4.78, 5) is 19.0. The van der Waals surface area contributed by atoms with Crippen LogP contribution < -0.4 is 4.74 Å². The molecule has 1 N–H and O–H groups in total. The third-order valence-electron chi connectivity index (χ3n) is 5.25. The summed E-state index contributed by atoms with van der Waals surface area (Å²) in [5.74, 6) is -1.75. The molecule has 3 aromatic heterocycles. The van der Waals surface area contributed by atoms with Crippen molar-refractivity contribution in [2.24, 2.45) is 0 Å². The molecule has 11 heteroatoms. The number of hydrogen-bond acceptors (Lipinski definition) is 7. The number of Topliss-reactive ketones (excluding diaryl/α,β-unsaturated/α-hetero) is 1. The van der Waals surface area contributed by atoms with Crippen molar-refractivity contribution in [3.05, 3.63) is 70.9 Å². The van der Waals surface area contributed by atoms with Gasteiger partial charge in [-0.25, -0.2) is 13.8 Å². The van der Waals surface area contributed by atoms with E-state index in [0.29, 0.717) is 23.6 Å². The summed E-state index contributed by atoms with van der Waals surface area (Å²) in [5, 5.41) is 21.8. The average Bonchev–Trinajstić information content (AvgIpc) is 3.41. The second kappa shape index (κ2) is 9.41. The lowest BCUT2D eigenvalue weighted by Gasteiger charge is -2.11. The van der Waals surface area contributed by atoms with Gasteiger partial charge in [0.15, 0.2) is 23.0 Å². The Kier molecular flexibility index (Phi) is 6.40. The average molecular weight is 456 g/mol. The van der Waals surface area contributed by atoms with Gasteiger partial charge < -0.3 is 9.84 Å². The summed E-state index contributed by atoms with van der Waals surface area (Å²) in [6.07, 6.45) is 1.60. The Balaban J connectivity index is 1.60. The predicted molar refractivity (Wildman–Crippen MR) is 113 cm³/mol. The molecule has 9 nitrogen and oxygen atoms in total.